The molecule has 106 valence electrons. The molecule has 1 heterocycles. The van der Waals surface area contributed by atoms with Gasteiger partial charge in [-0.1, -0.05) is 13.8 Å². The number of amides is 2. The van der Waals surface area contributed by atoms with Crippen molar-refractivity contribution in [1.82, 2.24) is 20.4 Å². The second-order valence-corrected chi connectivity index (χ2v) is 4.97. The molecule has 0 fully saturated rings. The second kappa shape index (κ2) is 6.21. The van der Waals surface area contributed by atoms with Crippen LogP contribution in [0.4, 0.5) is 5.82 Å². The van der Waals surface area contributed by atoms with Crippen molar-refractivity contribution in [1.29, 1.82) is 0 Å². The van der Waals surface area contributed by atoms with Gasteiger partial charge in [0, 0.05) is 19.3 Å². The number of likely N-dealkylation sites (N-methyl/N-ethyl adjacent to an activating group) is 1. The first-order valence-corrected chi connectivity index (χ1v) is 6.15. The first-order valence-electron chi connectivity index (χ1n) is 6.15. The molecule has 0 saturated carbocycles. The van der Waals surface area contributed by atoms with E-state index in [0.29, 0.717) is 23.7 Å². The quantitative estimate of drug-likeness (QED) is 0.706. The van der Waals surface area contributed by atoms with E-state index >= 15 is 0 Å². The summed E-state index contributed by atoms with van der Waals surface area (Å²) in [7, 11) is 1.56. The van der Waals surface area contributed by atoms with E-state index < -0.39 is 0 Å². The highest BCUT2D eigenvalue weighted by molar-refractivity contribution is 6.00. The minimum Gasteiger partial charge on any atom is -0.382 e. The molecule has 0 aromatic carbocycles. The van der Waals surface area contributed by atoms with Crippen molar-refractivity contribution in [3.05, 3.63) is 11.3 Å². The third-order valence-electron chi connectivity index (χ3n) is 2.62. The van der Waals surface area contributed by atoms with Gasteiger partial charge in [-0.05, 0) is 12.8 Å². The number of carbonyl (C=O) groups is 2. The lowest BCUT2D eigenvalue weighted by Gasteiger charge is -2.17. The summed E-state index contributed by atoms with van der Waals surface area (Å²) < 4.78 is 0. The van der Waals surface area contributed by atoms with Gasteiger partial charge < -0.3 is 16.0 Å². The van der Waals surface area contributed by atoms with Crippen molar-refractivity contribution in [3.8, 4) is 0 Å². The number of aryl methyl sites for hydroxylation is 1. The molecule has 0 unspecified atom stereocenters. The Balaban J connectivity index is 2.61. The van der Waals surface area contributed by atoms with E-state index in [1.165, 1.54) is 4.90 Å². The molecule has 1 aromatic heterocycles. The van der Waals surface area contributed by atoms with Crippen molar-refractivity contribution in [2.75, 3.05) is 25.9 Å². The Morgan fingerprint density at radius 3 is 2.58 bits per heavy atom. The van der Waals surface area contributed by atoms with Crippen LogP contribution >= 0.6 is 0 Å². The maximum absolute atomic E-state index is 12.1. The van der Waals surface area contributed by atoms with E-state index in [-0.39, 0.29) is 24.2 Å². The van der Waals surface area contributed by atoms with Gasteiger partial charge in [-0.15, -0.1) is 0 Å². The molecule has 7 nitrogen and oxygen atoms in total. The van der Waals surface area contributed by atoms with Crippen LogP contribution in [0.2, 0.25) is 0 Å². The zero-order valence-corrected chi connectivity index (χ0v) is 11.8. The molecule has 4 N–H and O–H groups in total. The standard InChI is InChI=1S/C12H21N5O2/c1-7(2)5-14-9(18)6-17(4)12(19)10-8(3)15-16-11(10)13/h7H,5-6H2,1-4H3,(H,14,18)(H3,13,15,16). The number of hydrogen-bond acceptors (Lipinski definition) is 4. The lowest BCUT2D eigenvalue weighted by atomic mass is 10.2. The van der Waals surface area contributed by atoms with Gasteiger partial charge >= 0.3 is 0 Å². The van der Waals surface area contributed by atoms with Gasteiger partial charge in [-0.3, -0.25) is 14.7 Å². The van der Waals surface area contributed by atoms with Crippen LogP contribution in [0.3, 0.4) is 0 Å². The number of aromatic nitrogens is 2. The topological polar surface area (TPSA) is 104 Å². The fourth-order valence-electron chi connectivity index (χ4n) is 1.57. The van der Waals surface area contributed by atoms with E-state index in [9.17, 15) is 9.59 Å². The smallest absolute Gasteiger partial charge is 0.259 e. The number of nitrogen functional groups attached to an aromatic ring is 1. The Morgan fingerprint density at radius 2 is 2.11 bits per heavy atom. The molecule has 0 saturated heterocycles. The van der Waals surface area contributed by atoms with Crippen LogP contribution in [0.5, 0.6) is 0 Å². The summed E-state index contributed by atoms with van der Waals surface area (Å²) >= 11 is 0. The van der Waals surface area contributed by atoms with Gasteiger partial charge in [0.15, 0.2) is 5.82 Å². The fraction of sp³-hybridized carbons (Fsp3) is 0.583. The van der Waals surface area contributed by atoms with Crippen LogP contribution in [0.25, 0.3) is 0 Å². The molecule has 1 rings (SSSR count). The number of aromatic amines is 1. The minimum atomic E-state index is -0.316. The lowest BCUT2D eigenvalue weighted by molar-refractivity contribution is -0.121. The van der Waals surface area contributed by atoms with Gasteiger partial charge in [-0.25, -0.2) is 0 Å². The van der Waals surface area contributed by atoms with Gasteiger partial charge in [0.05, 0.1) is 6.54 Å². The zero-order valence-electron chi connectivity index (χ0n) is 11.8. The fourth-order valence-corrected chi connectivity index (χ4v) is 1.57. The Morgan fingerprint density at radius 1 is 1.47 bits per heavy atom. The summed E-state index contributed by atoms with van der Waals surface area (Å²) in [4.78, 5) is 25.1. The van der Waals surface area contributed by atoms with Gasteiger partial charge in [-0.2, -0.15) is 5.10 Å². The average molecular weight is 267 g/mol. The first kappa shape index (κ1) is 15.0. The molecular formula is C12H21N5O2. The first-order chi connectivity index (χ1) is 8.82. The van der Waals surface area contributed by atoms with E-state index in [1.807, 2.05) is 13.8 Å². The summed E-state index contributed by atoms with van der Waals surface area (Å²) in [5, 5.41) is 9.16. The van der Waals surface area contributed by atoms with Crippen LogP contribution in [0.1, 0.15) is 29.9 Å². The Bertz CT molecular complexity index is 447. The lowest BCUT2D eigenvalue weighted by Crippen LogP contribution is -2.39. The van der Waals surface area contributed by atoms with Crippen LogP contribution in [0.15, 0.2) is 0 Å². The maximum Gasteiger partial charge on any atom is 0.259 e. The number of anilines is 1. The Kier molecular flexibility index (Phi) is 4.91. The average Bonchev–Trinajstić information content (AvgIpc) is 2.65. The van der Waals surface area contributed by atoms with Crippen molar-refractivity contribution < 1.29 is 9.59 Å². The van der Waals surface area contributed by atoms with E-state index in [0.717, 1.165) is 0 Å². The normalized spacial score (nSPS) is 10.6. The van der Waals surface area contributed by atoms with Crippen molar-refractivity contribution in [3.63, 3.8) is 0 Å². The number of hydrogen-bond donors (Lipinski definition) is 3. The molecule has 0 radical (unpaired) electrons. The SMILES string of the molecule is Cc1[nH]nc(N)c1C(=O)N(C)CC(=O)NCC(C)C. The maximum atomic E-state index is 12.1. The molecular weight excluding hydrogens is 246 g/mol. The molecule has 0 atom stereocenters. The second-order valence-electron chi connectivity index (χ2n) is 4.97. The van der Waals surface area contributed by atoms with Gasteiger partial charge in [0.2, 0.25) is 5.91 Å². The molecule has 0 aliphatic rings. The molecule has 2 amide bonds. The molecule has 0 bridgehead atoms. The predicted molar refractivity (Wildman–Crippen MR) is 72.5 cm³/mol. The number of carbonyl (C=O) groups excluding carboxylic acids is 2. The van der Waals surface area contributed by atoms with Crippen molar-refractivity contribution in [2.45, 2.75) is 20.8 Å². The summed E-state index contributed by atoms with van der Waals surface area (Å²) in [6.07, 6.45) is 0. The van der Waals surface area contributed by atoms with Gasteiger partial charge in [0.1, 0.15) is 5.56 Å². The number of nitrogens with one attached hydrogen (secondary N) is 2. The van der Waals surface area contributed by atoms with E-state index in [1.54, 1.807) is 14.0 Å². The Labute approximate surface area is 112 Å². The molecule has 7 heteroatoms. The van der Waals surface area contributed by atoms with E-state index in [2.05, 4.69) is 15.5 Å². The number of rotatable bonds is 5. The number of nitrogens with two attached hydrogens (primary N) is 1. The highest BCUT2D eigenvalue weighted by Crippen LogP contribution is 2.14. The highest BCUT2D eigenvalue weighted by Gasteiger charge is 2.21. The summed E-state index contributed by atoms with van der Waals surface area (Å²) in [6, 6.07) is 0. The molecule has 0 spiro atoms. The minimum absolute atomic E-state index is 0.00435. The molecule has 0 aliphatic carbocycles. The highest BCUT2D eigenvalue weighted by atomic mass is 16.2. The number of nitrogens with zero attached hydrogens (tertiary/aromatic N) is 2. The zero-order chi connectivity index (χ0) is 14.6. The summed E-state index contributed by atoms with van der Waals surface area (Å²) in [5.74, 6) is 0.0152. The largest absolute Gasteiger partial charge is 0.382 e. The third kappa shape index (κ3) is 3.97. The molecule has 0 aliphatic heterocycles. The predicted octanol–water partition coefficient (Wildman–Crippen LogP) is 0.145. The number of H-pyrrole nitrogens is 1. The van der Waals surface area contributed by atoms with Crippen LogP contribution in [-0.4, -0.2) is 47.0 Å². The molecule has 19 heavy (non-hydrogen) atoms. The third-order valence-corrected chi connectivity index (χ3v) is 2.62. The van der Waals surface area contributed by atoms with Gasteiger partial charge in [0.25, 0.3) is 5.91 Å². The van der Waals surface area contributed by atoms with Crippen LogP contribution in [0, 0.1) is 12.8 Å². The van der Waals surface area contributed by atoms with E-state index in [4.69, 9.17) is 5.73 Å². The molecule has 1 aromatic rings. The summed E-state index contributed by atoms with van der Waals surface area (Å²) in [5.41, 5.74) is 6.53. The van der Waals surface area contributed by atoms with Crippen LogP contribution < -0.4 is 11.1 Å². The monoisotopic (exact) mass is 267 g/mol. The summed E-state index contributed by atoms with van der Waals surface area (Å²) in [6.45, 7) is 6.31. The van der Waals surface area contributed by atoms with Crippen molar-refractivity contribution >= 4 is 17.6 Å². The Hall–Kier alpha value is -2.05. The van der Waals surface area contributed by atoms with Crippen molar-refractivity contribution in [2.24, 2.45) is 5.92 Å². The van der Waals surface area contributed by atoms with Crippen LogP contribution in [-0.2, 0) is 4.79 Å².